The molecular weight excluding hydrogens is 620 g/mol. The molecule has 11 nitrogen and oxygen atoms in total. The molecular formula is C37H56O11. The van der Waals surface area contributed by atoms with Crippen LogP contribution in [0.4, 0.5) is 0 Å². The highest BCUT2D eigenvalue weighted by Gasteiger charge is 2.71. The molecule has 0 N–H and O–H groups in total. The molecule has 2 saturated carbocycles. The molecule has 270 valence electrons. The van der Waals surface area contributed by atoms with Gasteiger partial charge in [-0.3, -0.25) is 0 Å². The Morgan fingerprint density at radius 1 is 0.542 bits per heavy atom. The van der Waals surface area contributed by atoms with Crippen molar-refractivity contribution in [1.82, 2.24) is 0 Å². The van der Waals surface area contributed by atoms with E-state index in [2.05, 4.69) is 27.7 Å². The van der Waals surface area contributed by atoms with Gasteiger partial charge < -0.3 is 33.2 Å². The summed E-state index contributed by atoms with van der Waals surface area (Å²) < 4.78 is 46.3. The Kier molecular flexibility index (Phi) is 7.41. The van der Waals surface area contributed by atoms with Crippen LogP contribution in [-0.4, -0.2) is 72.9 Å². The Bertz CT molecular complexity index is 1190. The van der Waals surface area contributed by atoms with E-state index >= 15 is 0 Å². The van der Waals surface area contributed by atoms with E-state index in [4.69, 9.17) is 52.7 Å². The van der Waals surface area contributed by atoms with Crippen molar-refractivity contribution in [2.45, 2.75) is 172 Å². The Balaban J connectivity index is 0.878. The quantitative estimate of drug-likeness (QED) is 0.329. The van der Waals surface area contributed by atoms with Gasteiger partial charge in [0, 0.05) is 37.0 Å². The average molecular weight is 677 g/mol. The zero-order valence-corrected chi connectivity index (χ0v) is 29.5. The maximum Gasteiger partial charge on any atom is 0.272 e. The Hall–Kier alpha value is -0.440. The molecule has 10 heterocycles. The van der Waals surface area contributed by atoms with E-state index in [1.807, 2.05) is 13.8 Å². The first kappa shape index (κ1) is 32.2. The second-order valence-electron chi connectivity index (χ2n) is 18.0. The van der Waals surface area contributed by atoms with Crippen LogP contribution in [0.3, 0.4) is 0 Å². The topological polar surface area (TPSA) is 102 Å². The van der Waals surface area contributed by atoms with Gasteiger partial charge in [0.2, 0.25) is 11.6 Å². The average Bonchev–Trinajstić information content (AvgIpc) is 3.19. The normalized spacial score (nSPS) is 62.9. The fourth-order valence-corrected chi connectivity index (χ4v) is 12.7. The molecule has 0 aromatic rings. The molecule has 12 aliphatic rings. The molecule has 3 unspecified atom stereocenters. The molecule has 2 spiro atoms. The first-order chi connectivity index (χ1) is 23.0. The van der Waals surface area contributed by atoms with Crippen LogP contribution < -0.4 is 0 Å². The summed E-state index contributed by atoms with van der Waals surface area (Å²) in [6.07, 6.45) is 8.54. The van der Waals surface area contributed by atoms with Crippen LogP contribution in [0, 0.1) is 53.3 Å². The summed E-state index contributed by atoms with van der Waals surface area (Å²) in [6.45, 7) is 13.3. The number of hydrogen-bond donors (Lipinski definition) is 0. The maximum atomic E-state index is 6.98. The van der Waals surface area contributed by atoms with Gasteiger partial charge in [0.15, 0.2) is 23.8 Å². The van der Waals surface area contributed by atoms with Crippen molar-refractivity contribution in [3.05, 3.63) is 0 Å². The lowest BCUT2D eigenvalue weighted by Crippen LogP contribution is -2.70. The molecule has 11 heteroatoms. The Morgan fingerprint density at radius 2 is 1.08 bits per heavy atom. The van der Waals surface area contributed by atoms with Crippen molar-refractivity contribution in [3.63, 3.8) is 0 Å². The van der Waals surface area contributed by atoms with Crippen molar-refractivity contribution >= 4 is 0 Å². The van der Waals surface area contributed by atoms with Crippen LogP contribution in [0.2, 0.25) is 0 Å². The zero-order chi connectivity index (χ0) is 32.8. The third-order valence-electron chi connectivity index (χ3n) is 15.4. The monoisotopic (exact) mass is 676 g/mol. The predicted octanol–water partition coefficient (Wildman–Crippen LogP) is 5.98. The fraction of sp³-hybridized carbons (Fsp3) is 1.00. The summed E-state index contributed by atoms with van der Waals surface area (Å²) >= 11 is 0. The first-order valence-corrected chi connectivity index (χ1v) is 19.3. The maximum absolute atomic E-state index is 6.98. The van der Waals surface area contributed by atoms with Gasteiger partial charge in [0.05, 0.1) is 31.0 Å². The standard InChI is InChI=1S/C37H56O11/c1-18-7-9-25-20(3)27(39-31-36(25)23(18)11-13-34(5,43-31)45-47-36)15-22-17-38-33-41-29(30(22)42-33)16-28-21(4)26-10-8-19(2)24-12-14-35(6)44-32(40-28)37(24,26)48-46-35/h18-33H,7-17H2,1-6H3/t18-,19-,20-,21-,22?,23+,24+,25+,26+,27-,28-,29+,30?,31-,32-,33?,34+,35+,36-,37-/m1/s1. The van der Waals surface area contributed by atoms with Crippen LogP contribution in [0.1, 0.15) is 106 Å². The minimum Gasteiger partial charge on any atom is -0.346 e. The van der Waals surface area contributed by atoms with E-state index in [-0.39, 0.29) is 48.1 Å². The first-order valence-electron chi connectivity index (χ1n) is 19.3. The van der Waals surface area contributed by atoms with Gasteiger partial charge >= 0.3 is 0 Å². The van der Waals surface area contributed by atoms with E-state index in [9.17, 15) is 0 Å². The number of fused-ring (bicyclic) bond motifs is 6. The van der Waals surface area contributed by atoms with Crippen LogP contribution >= 0.6 is 0 Å². The zero-order valence-electron chi connectivity index (χ0n) is 29.5. The molecule has 48 heavy (non-hydrogen) atoms. The van der Waals surface area contributed by atoms with Crippen LogP contribution in [0.5, 0.6) is 0 Å². The van der Waals surface area contributed by atoms with Gasteiger partial charge in [-0.15, -0.1) is 0 Å². The van der Waals surface area contributed by atoms with Gasteiger partial charge in [-0.2, -0.15) is 0 Å². The molecule has 12 fully saturated rings. The Morgan fingerprint density at radius 3 is 1.65 bits per heavy atom. The summed E-state index contributed by atoms with van der Waals surface area (Å²) in [7, 11) is 0. The molecule has 0 radical (unpaired) electrons. The minimum atomic E-state index is -0.786. The molecule has 6 bridgehead atoms. The van der Waals surface area contributed by atoms with E-state index in [0.717, 1.165) is 44.9 Å². The van der Waals surface area contributed by atoms with Gasteiger partial charge in [0.25, 0.3) is 6.48 Å². The summed E-state index contributed by atoms with van der Waals surface area (Å²) in [5, 5.41) is 0. The molecule has 10 saturated heterocycles. The Labute approximate surface area is 284 Å². The van der Waals surface area contributed by atoms with Crippen molar-refractivity contribution in [2.75, 3.05) is 6.61 Å². The molecule has 10 aliphatic heterocycles. The SMILES string of the molecule is C[C@H]1[C@@H](CC2COC3OC2[C@H](C[C@H]2O[C@@H]4O[C@]5(C)CC[C@H]6[C@H](C)CC[C@@H]([C@H]2C)[C@@]46OO5)O3)O[C@@H]2O[C@]3(C)CC[C@H]4[C@H](C)CC[C@@H]1[C@@]24OO3. The number of rotatable bonds is 4. The smallest absolute Gasteiger partial charge is 0.272 e. The van der Waals surface area contributed by atoms with Crippen molar-refractivity contribution in [3.8, 4) is 0 Å². The predicted molar refractivity (Wildman–Crippen MR) is 166 cm³/mol. The van der Waals surface area contributed by atoms with Gasteiger partial charge in [-0.25, -0.2) is 19.6 Å². The molecule has 20 atom stereocenters. The number of ether oxygens (including phenoxy) is 7. The highest BCUT2D eigenvalue weighted by Crippen LogP contribution is 2.63. The summed E-state index contributed by atoms with van der Waals surface area (Å²) in [4.78, 5) is 24.9. The lowest BCUT2D eigenvalue weighted by molar-refractivity contribution is -0.571. The van der Waals surface area contributed by atoms with E-state index in [1.54, 1.807) is 0 Å². The fourth-order valence-electron chi connectivity index (χ4n) is 12.7. The van der Waals surface area contributed by atoms with E-state index in [0.29, 0.717) is 42.6 Å². The van der Waals surface area contributed by atoms with Crippen molar-refractivity contribution < 1.29 is 52.7 Å². The van der Waals surface area contributed by atoms with Crippen LogP contribution in [-0.2, 0) is 52.7 Å². The van der Waals surface area contributed by atoms with Crippen LogP contribution in [0.15, 0.2) is 0 Å². The second-order valence-corrected chi connectivity index (χ2v) is 18.0. The highest BCUT2D eigenvalue weighted by molar-refractivity contribution is 5.12. The van der Waals surface area contributed by atoms with Gasteiger partial charge in [-0.1, -0.05) is 27.7 Å². The minimum absolute atomic E-state index is 0.0139. The third kappa shape index (κ3) is 4.45. The third-order valence-corrected chi connectivity index (χ3v) is 15.4. The van der Waals surface area contributed by atoms with Crippen LogP contribution in [0.25, 0.3) is 0 Å². The second kappa shape index (κ2) is 11.0. The molecule has 2 aliphatic carbocycles. The lowest BCUT2D eigenvalue weighted by Gasteiger charge is -2.61. The summed E-state index contributed by atoms with van der Waals surface area (Å²) in [6, 6.07) is 0. The molecule has 0 amide bonds. The lowest BCUT2D eigenvalue weighted by atomic mass is 9.57. The molecule has 0 aromatic heterocycles. The van der Waals surface area contributed by atoms with Crippen molar-refractivity contribution in [1.29, 1.82) is 0 Å². The summed E-state index contributed by atoms with van der Waals surface area (Å²) in [5.41, 5.74) is -1.12. The molecule has 0 aromatic carbocycles. The van der Waals surface area contributed by atoms with E-state index < -0.39 is 41.8 Å². The van der Waals surface area contributed by atoms with Crippen molar-refractivity contribution in [2.24, 2.45) is 53.3 Å². The van der Waals surface area contributed by atoms with E-state index in [1.165, 1.54) is 12.8 Å². The molecule has 12 rings (SSSR count). The van der Waals surface area contributed by atoms with Gasteiger partial charge in [0.1, 0.15) is 0 Å². The number of hydrogen-bond acceptors (Lipinski definition) is 11. The largest absolute Gasteiger partial charge is 0.346 e. The summed E-state index contributed by atoms with van der Waals surface area (Å²) in [5.74, 6) is 1.45. The van der Waals surface area contributed by atoms with Gasteiger partial charge in [-0.05, 0) is 94.3 Å². The highest BCUT2D eigenvalue weighted by atomic mass is 17.3.